The summed E-state index contributed by atoms with van der Waals surface area (Å²) >= 11 is 0. The molecule has 2 rings (SSSR count). The zero-order valence-electron chi connectivity index (χ0n) is 13.0. The predicted octanol–water partition coefficient (Wildman–Crippen LogP) is 2.66. The minimum absolute atomic E-state index is 0.128. The van der Waals surface area contributed by atoms with Crippen molar-refractivity contribution in [3.8, 4) is 0 Å². The second kappa shape index (κ2) is 7.29. The number of hydrogen-bond acceptors (Lipinski definition) is 3. The van der Waals surface area contributed by atoms with Gasteiger partial charge < -0.3 is 15.0 Å². The van der Waals surface area contributed by atoms with E-state index in [1.54, 1.807) is 0 Å². The van der Waals surface area contributed by atoms with Gasteiger partial charge in [-0.25, -0.2) is 0 Å². The number of nitrogens with zero attached hydrogens (tertiary/aromatic N) is 1. The molecule has 2 aliphatic rings. The highest BCUT2D eigenvalue weighted by Gasteiger charge is 2.39. The lowest BCUT2D eigenvalue weighted by Crippen LogP contribution is -2.58. The molecular weight excluding hydrogens is 281 g/mol. The molecule has 0 aromatic heterocycles. The zero-order valence-corrected chi connectivity index (χ0v) is 13.0. The first-order chi connectivity index (χ1) is 9.87. The molecule has 1 aliphatic carbocycles. The summed E-state index contributed by atoms with van der Waals surface area (Å²) in [5, 5.41) is 3.45. The molecule has 1 saturated carbocycles. The van der Waals surface area contributed by atoms with Crippen LogP contribution in [0.25, 0.3) is 0 Å². The summed E-state index contributed by atoms with van der Waals surface area (Å²) < 4.78 is 40.7. The highest BCUT2D eigenvalue weighted by atomic mass is 19.4. The first-order valence-electron chi connectivity index (χ1n) is 7.99. The number of halogens is 3. The highest BCUT2D eigenvalue weighted by molar-refractivity contribution is 4.95. The van der Waals surface area contributed by atoms with Gasteiger partial charge in [-0.15, -0.1) is 0 Å². The van der Waals surface area contributed by atoms with Gasteiger partial charge in [0, 0.05) is 31.7 Å². The van der Waals surface area contributed by atoms with Crippen LogP contribution in [0.3, 0.4) is 0 Å². The fraction of sp³-hybridized carbons (Fsp3) is 1.00. The minimum Gasteiger partial charge on any atom is -0.371 e. The maximum absolute atomic E-state index is 12.0. The Hall–Kier alpha value is -0.330. The van der Waals surface area contributed by atoms with Crippen molar-refractivity contribution >= 4 is 0 Å². The van der Waals surface area contributed by atoms with Crippen LogP contribution in [0.2, 0.25) is 0 Å². The van der Waals surface area contributed by atoms with Crippen LogP contribution in [-0.4, -0.2) is 56.0 Å². The number of fused-ring (bicyclic) bond motifs is 2. The van der Waals surface area contributed by atoms with Crippen molar-refractivity contribution in [2.24, 2.45) is 11.8 Å². The summed E-state index contributed by atoms with van der Waals surface area (Å²) in [6.45, 7) is 6.17. The smallest absolute Gasteiger partial charge is 0.371 e. The maximum Gasteiger partial charge on any atom is 0.411 e. The van der Waals surface area contributed by atoms with Crippen LogP contribution < -0.4 is 5.32 Å². The molecule has 2 unspecified atom stereocenters. The molecule has 2 bridgehead atoms. The predicted molar refractivity (Wildman–Crippen MR) is 76.2 cm³/mol. The molecule has 0 aromatic carbocycles. The molecule has 2 fully saturated rings. The number of piperidine rings is 1. The van der Waals surface area contributed by atoms with Gasteiger partial charge in [-0.3, -0.25) is 0 Å². The van der Waals surface area contributed by atoms with E-state index in [0.29, 0.717) is 30.5 Å². The van der Waals surface area contributed by atoms with E-state index in [2.05, 4.69) is 28.8 Å². The molecule has 0 radical (unpaired) electrons. The summed E-state index contributed by atoms with van der Waals surface area (Å²) in [6.07, 6.45) is -0.495. The monoisotopic (exact) mass is 308 g/mol. The molecule has 1 N–H and O–H groups in total. The SMILES string of the molecule is CC(C)N1CC2CCCC(C1)C2NCCOCC(F)(F)F. The fourth-order valence-electron chi connectivity index (χ4n) is 3.71. The summed E-state index contributed by atoms with van der Waals surface area (Å²) in [7, 11) is 0. The van der Waals surface area contributed by atoms with Gasteiger partial charge in [-0.05, 0) is 38.5 Å². The van der Waals surface area contributed by atoms with Crippen LogP contribution in [-0.2, 0) is 4.74 Å². The van der Waals surface area contributed by atoms with E-state index in [9.17, 15) is 13.2 Å². The molecule has 0 amide bonds. The molecular formula is C15H27F3N2O. The Bertz CT molecular complexity index is 309. The number of likely N-dealkylation sites (tertiary alicyclic amines) is 1. The molecule has 3 nitrogen and oxygen atoms in total. The molecule has 0 aromatic rings. The largest absolute Gasteiger partial charge is 0.411 e. The van der Waals surface area contributed by atoms with Crippen molar-refractivity contribution in [1.29, 1.82) is 0 Å². The Morgan fingerprint density at radius 3 is 2.33 bits per heavy atom. The van der Waals surface area contributed by atoms with E-state index in [-0.39, 0.29) is 6.61 Å². The number of alkyl halides is 3. The van der Waals surface area contributed by atoms with Crippen molar-refractivity contribution in [2.75, 3.05) is 32.8 Å². The van der Waals surface area contributed by atoms with Crippen molar-refractivity contribution in [3.63, 3.8) is 0 Å². The van der Waals surface area contributed by atoms with E-state index in [1.165, 1.54) is 19.3 Å². The number of hydrogen-bond donors (Lipinski definition) is 1. The molecule has 21 heavy (non-hydrogen) atoms. The number of rotatable bonds is 6. The molecule has 0 spiro atoms. The van der Waals surface area contributed by atoms with Crippen LogP contribution in [0.15, 0.2) is 0 Å². The van der Waals surface area contributed by atoms with Crippen LogP contribution in [0.5, 0.6) is 0 Å². The van der Waals surface area contributed by atoms with Crippen LogP contribution in [0.1, 0.15) is 33.1 Å². The van der Waals surface area contributed by atoms with Crippen molar-refractivity contribution in [3.05, 3.63) is 0 Å². The second-order valence-electron chi connectivity index (χ2n) is 6.65. The van der Waals surface area contributed by atoms with Gasteiger partial charge in [-0.2, -0.15) is 13.2 Å². The molecule has 1 aliphatic heterocycles. The van der Waals surface area contributed by atoms with Gasteiger partial charge in [0.05, 0.1) is 6.61 Å². The average molecular weight is 308 g/mol. The standard InChI is InChI=1S/C15H27F3N2O/c1-11(2)20-8-12-4-3-5-13(9-20)14(12)19-6-7-21-10-15(16,17)18/h11-14,19H,3-10H2,1-2H3. The minimum atomic E-state index is -4.22. The summed E-state index contributed by atoms with van der Waals surface area (Å²) in [6, 6.07) is 1.02. The molecule has 124 valence electrons. The second-order valence-corrected chi connectivity index (χ2v) is 6.65. The zero-order chi connectivity index (χ0) is 15.5. The van der Waals surface area contributed by atoms with Gasteiger partial charge in [0.1, 0.15) is 6.61 Å². The van der Waals surface area contributed by atoms with Crippen molar-refractivity contribution in [2.45, 2.75) is 51.4 Å². The fourth-order valence-corrected chi connectivity index (χ4v) is 3.71. The Labute approximate surface area is 125 Å². The summed E-state index contributed by atoms with van der Waals surface area (Å²) in [4.78, 5) is 2.53. The average Bonchev–Trinajstić information content (AvgIpc) is 2.35. The molecule has 2 atom stereocenters. The first kappa shape index (κ1) is 17.0. The van der Waals surface area contributed by atoms with Crippen molar-refractivity contribution in [1.82, 2.24) is 10.2 Å². The number of ether oxygens (including phenoxy) is 1. The van der Waals surface area contributed by atoms with E-state index in [1.807, 2.05) is 0 Å². The van der Waals surface area contributed by atoms with E-state index < -0.39 is 12.8 Å². The Morgan fingerprint density at radius 1 is 1.19 bits per heavy atom. The quantitative estimate of drug-likeness (QED) is 0.764. The Kier molecular flexibility index (Phi) is 5.91. The van der Waals surface area contributed by atoms with Gasteiger partial charge >= 0.3 is 6.18 Å². The van der Waals surface area contributed by atoms with Gasteiger partial charge in [0.15, 0.2) is 0 Å². The maximum atomic E-state index is 12.0. The molecule has 6 heteroatoms. The Morgan fingerprint density at radius 2 is 1.81 bits per heavy atom. The summed E-state index contributed by atoms with van der Waals surface area (Å²) in [5.41, 5.74) is 0. The third-order valence-corrected chi connectivity index (χ3v) is 4.73. The van der Waals surface area contributed by atoms with E-state index in [0.717, 1.165) is 13.1 Å². The lowest BCUT2D eigenvalue weighted by atomic mass is 9.73. The van der Waals surface area contributed by atoms with E-state index in [4.69, 9.17) is 0 Å². The van der Waals surface area contributed by atoms with Gasteiger partial charge in [-0.1, -0.05) is 6.42 Å². The van der Waals surface area contributed by atoms with Gasteiger partial charge in [0.2, 0.25) is 0 Å². The molecule has 1 saturated heterocycles. The first-order valence-corrected chi connectivity index (χ1v) is 7.99. The Balaban J connectivity index is 1.73. The van der Waals surface area contributed by atoms with Crippen LogP contribution in [0.4, 0.5) is 13.2 Å². The lowest BCUT2D eigenvalue weighted by molar-refractivity contribution is -0.173. The summed E-state index contributed by atoms with van der Waals surface area (Å²) in [5.74, 6) is 1.25. The topological polar surface area (TPSA) is 24.5 Å². The van der Waals surface area contributed by atoms with E-state index >= 15 is 0 Å². The third-order valence-electron chi connectivity index (χ3n) is 4.73. The molecule has 1 heterocycles. The number of nitrogens with one attached hydrogen (secondary N) is 1. The highest BCUT2D eigenvalue weighted by Crippen LogP contribution is 2.35. The lowest BCUT2D eigenvalue weighted by Gasteiger charge is -2.49. The van der Waals surface area contributed by atoms with Crippen LogP contribution in [0, 0.1) is 11.8 Å². The van der Waals surface area contributed by atoms with Crippen LogP contribution >= 0.6 is 0 Å². The third kappa shape index (κ3) is 5.11. The normalized spacial score (nSPS) is 30.9. The van der Waals surface area contributed by atoms with Gasteiger partial charge in [0.25, 0.3) is 0 Å². The van der Waals surface area contributed by atoms with Crippen molar-refractivity contribution < 1.29 is 17.9 Å².